The number of rotatable bonds is 6. The first-order chi connectivity index (χ1) is 9.85. The molecule has 0 aliphatic rings. The predicted octanol–water partition coefficient (Wildman–Crippen LogP) is 1.98. The Bertz CT molecular complexity index is 520. The lowest BCUT2D eigenvalue weighted by molar-refractivity contribution is -0.140. The van der Waals surface area contributed by atoms with Crippen LogP contribution in [0.5, 0.6) is 0 Å². The highest BCUT2D eigenvalue weighted by Crippen LogP contribution is 2.18. The first-order valence-electron chi connectivity index (χ1n) is 6.62. The average Bonchev–Trinajstić information content (AvgIpc) is 2.44. The van der Waals surface area contributed by atoms with Crippen molar-refractivity contribution < 1.29 is 14.3 Å². The number of pyridine rings is 1. The third kappa shape index (κ3) is 5.23. The molecule has 2 N–H and O–H groups in total. The molecule has 1 amide bonds. The van der Waals surface area contributed by atoms with E-state index in [-0.39, 0.29) is 41.6 Å². The predicted molar refractivity (Wildman–Crippen MR) is 81.0 cm³/mol. The van der Waals surface area contributed by atoms with Crippen LogP contribution in [0.15, 0.2) is 12.3 Å². The van der Waals surface area contributed by atoms with E-state index in [1.54, 1.807) is 4.90 Å². The van der Waals surface area contributed by atoms with Crippen LogP contribution in [0.4, 0.5) is 5.69 Å². The number of halogens is 1. The minimum absolute atomic E-state index is 0.133. The molecule has 0 saturated carbocycles. The van der Waals surface area contributed by atoms with Crippen LogP contribution in [-0.4, -0.2) is 42.0 Å². The van der Waals surface area contributed by atoms with Gasteiger partial charge in [0.2, 0.25) is 0 Å². The maximum atomic E-state index is 12.6. The van der Waals surface area contributed by atoms with Crippen LogP contribution in [-0.2, 0) is 9.53 Å². The molecule has 0 aromatic carbocycles. The number of nitrogen functional groups attached to an aromatic ring is 1. The van der Waals surface area contributed by atoms with E-state index in [1.807, 2.05) is 13.8 Å². The molecule has 0 atom stereocenters. The van der Waals surface area contributed by atoms with Gasteiger partial charge < -0.3 is 15.4 Å². The third-order valence-electron chi connectivity index (χ3n) is 2.82. The lowest BCUT2D eigenvalue weighted by Gasteiger charge is -2.24. The molecule has 21 heavy (non-hydrogen) atoms. The lowest BCUT2D eigenvalue weighted by Crippen LogP contribution is -2.36. The van der Waals surface area contributed by atoms with E-state index in [2.05, 4.69) is 9.72 Å². The Morgan fingerprint density at radius 1 is 1.48 bits per heavy atom. The molecule has 0 saturated heterocycles. The number of nitrogens with two attached hydrogens (primary N) is 1. The first-order valence-corrected chi connectivity index (χ1v) is 7.00. The summed E-state index contributed by atoms with van der Waals surface area (Å²) >= 11 is 5.81. The highest BCUT2D eigenvalue weighted by atomic mass is 35.5. The maximum absolute atomic E-state index is 12.6. The van der Waals surface area contributed by atoms with Gasteiger partial charge in [-0.25, -0.2) is 4.98 Å². The van der Waals surface area contributed by atoms with Crippen molar-refractivity contribution in [2.45, 2.75) is 20.3 Å². The van der Waals surface area contributed by atoms with E-state index in [9.17, 15) is 9.59 Å². The lowest BCUT2D eigenvalue weighted by atomic mass is 10.1. The van der Waals surface area contributed by atoms with Crippen LogP contribution in [0.2, 0.25) is 5.15 Å². The molecule has 0 radical (unpaired) electrons. The van der Waals surface area contributed by atoms with Crippen molar-refractivity contribution in [1.82, 2.24) is 9.88 Å². The number of nitrogens with zero attached hydrogens (tertiary/aromatic N) is 2. The molecule has 0 bridgehead atoms. The summed E-state index contributed by atoms with van der Waals surface area (Å²) in [6, 6.07) is 1.44. The second-order valence-corrected chi connectivity index (χ2v) is 5.45. The first kappa shape index (κ1) is 17.2. The Balaban J connectivity index is 2.93. The number of methoxy groups -OCH3 is 1. The third-order valence-corrected chi connectivity index (χ3v) is 3.02. The fourth-order valence-corrected chi connectivity index (χ4v) is 2.00. The van der Waals surface area contributed by atoms with E-state index >= 15 is 0 Å². The van der Waals surface area contributed by atoms with Gasteiger partial charge in [-0.1, -0.05) is 25.4 Å². The Hall–Kier alpha value is -1.82. The summed E-state index contributed by atoms with van der Waals surface area (Å²) in [6.45, 7) is 4.75. The van der Waals surface area contributed by atoms with Crippen LogP contribution in [0.3, 0.4) is 0 Å². The highest BCUT2D eigenvalue weighted by Gasteiger charge is 2.20. The van der Waals surface area contributed by atoms with Gasteiger partial charge in [0.05, 0.1) is 31.0 Å². The largest absolute Gasteiger partial charge is 0.469 e. The Labute approximate surface area is 129 Å². The number of aromatic nitrogens is 1. The molecule has 0 unspecified atom stereocenters. The number of ether oxygens (including phenoxy) is 1. The van der Waals surface area contributed by atoms with Crippen LogP contribution >= 0.6 is 11.6 Å². The van der Waals surface area contributed by atoms with Gasteiger partial charge in [0, 0.05) is 13.1 Å². The monoisotopic (exact) mass is 313 g/mol. The second-order valence-electron chi connectivity index (χ2n) is 5.07. The molecule has 7 heteroatoms. The SMILES string of the molecule is COC(=O)CCN(CC(C)C)C(=O)c1cc(Cl)ncc1N. The minimum Gasteiger partial charge on any atom is -0.469 e. The van der Waals surface area contributed by atoms with Crippen molar-refractivity contribution in [2.24, 2.45) is 5.92 Å². The number of carbonyl (C=O) groups excluding carboxylic acids is 2. The van der Waals surface area contributed by atoms with E-state index in [0.29, 0.717) is 12.1 Å². The Morgan fingerprint density at radius 3 is 2.71 bits per heavy atom. The standard InChI is InChI=1S/C14H20ClN3O3/c1-9(2)8-18(5-4-13(19)21-3)14(20)10-6-12(15)17-7-11(10)16/h6-7,9H,4-5,8,16H2,1-3H3. The van der Waals surface area contributed by atoms with Gasteiger partial charge in [-0.15, -0.1) is 0 Å². The van der Waals surface area contributed by atoms with Crippen molar-refractivity contribution in [3.8, 4) is 0 Å². The molecular weight excluding hydrogens is 294 g/mol. The zero-order chi connectivity index (χ0) is 16.0. The van der Waals surface area contributed by atoms with Crippen LogP contribution < -0.4 is 5.73 Å². The minimum atomic E-state index is -0.364. The Kier molecular flexibility index (Phi) is 6.42. The molecule has 1 aromatic rings. The number of hydrogen-bond acceptors (Lipinski definition) is 5. The fraction of sp³-hybridized carbons (Fsp3) is 0.500. The molecule has 0 spiro atoms. The van der Waals surface area contributed by atoms with Crippen molar-refractivity contribution in [3.63, 3.8) is 0 Å². The molecule has 116 valence electrons. The summed E-state index contributed by atoms with van der Waals surface area (Å²) in [5, 5.41) is 0.199. The average molecular weight is 314 g/mol. The molecule has 1 heterocycles. The topological polar surface area (TPSA) is 85.5 Å². The molecule has 0 aliphatic heterocycles. The number of carbonyl (C=O) groups is 2. The van der Waals surface area contributed by atoms with Crippen LogP contribution in [0.25, 0.3) is 0 Å². The van der Waals surface area contributed by atoms with E-state index in [4.69, 9.17) is 17.3 Å². The molecule has 0 fully saturated rings. The summed E-state index contributed by atoms with van der Waals surface area (Å²) < 4.78 is 4.60. The molecule has 6 nitrogen and oxygen atoms in total. The quantitative estimate of drug-likeness (QED) is 0.641. The van der Waals surface area contributed by atoms with Gasteiger partial charge in [-0.3, -0.25) is 9.59 Å². The number of hydrogen-bond donors (Lipinski definition) is 1. The van der Waals surface area contributed by atoms with Crippen LogP contribution in [0.1, 0.15) is 30.6 Å². The number of esters is 1. The van der Waals surface area contributed by atoms with Gasteiger partial charge in [0.15, 0.2) is 0 Å². The summed E-state index contributed by atoms with van der Waals surface area (Å²) in [7, 11) is 1.32. The van der Waals surface area contributed by atoms with Gasteiger partial charge in [-0.2, -0.15) is 0 Å². The number of anilines is 1. The Morgan fingerprint density at radius 2 is 2.14 bits per heavy atom. The van der Waals surface area contributed by atoms with Crippen molar-refractivity contribution in [1.29, 1.82) is 0 Å². The van der Waals surface area contributed by atoms with Gasteiger partial charge in [0.25, 0.3) is 5.91 Å². The van der Waals surface area contributed by atoms with E-state index in [0.717, 1.165) is 0 Å². The fourth-order valence-electron chi connectivity index (χ4n) is 1.84. The van der Waals surface area contributed by atoms with Gasteiger partial charge in [0.1, 0.15) is 5.15 Å². The zero-order valence-electron chi connectivity index (χ0n) is 12.4. The maximum Gasteiger partial charge on any atom is 0.307 e. The molecule has 1 rings (SSSR count). The normalized spacial score (nSPS) is 10.5. The zero-order valence-corrected chi connectivity index (χ0v) is 13.2. The highest BCUT2D eigenvalue weighted by molar-refractivity contribution is 6.29. The van der Waals surface area contributed by atoms with E-state index < -0.39 is 0 Å². The number of amides is 1. The smallest absolute Gasteiger partial charge is 0.307 e. The molecule has 1 aromatic heterocycles. The van der Waals surface area contributed by atoms with Crippen LogP contribution in [0, 0.1) is 5.92 Å². The van der Waals surface area contributed by atoms with Crippen molar-refractivity contribution >= 4 is 29.2 Å². The summed E-state index contributed by atoms with van der Waals surface area (Å²) in [5.74, 6) is -0.378. The van der Waals surface area contributed by atoms with Crippen molar-refractivity contribution in [2.75, 3.05) is 25.9 Å². The van der Waals surface area contributed by atoms with Gasteiger partial charge in [-0.05, 0) is 12.0 Å². The molecular formula is C14H20ClN3O3. The van der Waals surface area contributed by atoms with E-state index in [1.165, 1.54) is 19.4 Å². The van der Waals surface area contributed by atoms with Gasteiger partial charge >= 0.3 is 5.97 Å². The molecule has 0 aliphatic carbocycles. The summed E-state index contributed by atoms with van der Waals surface area (Å²) in [5.41, 5.74) is 6.33. The summed E-state index contributed by atoms with van der Waals surface area (Å²) in [4.78, 5) is 29.2. The second kappa shape index (κ2) is 7.83. The summed E-state index contributed by atoms with van der Waals surface area (Å²) in [6.07, 6.45) is 1.48. The van der Waals surface area contributed by atoms with Crippen molar-refractivity contribution in [3.05, 3.63) is 23.0 Å².